The molecule has 3 rings (SSSR count). The van der Waals surface area contributed by atoms with Gasteiger partial charge in [0.2, 0.25) is 0 Å². The van der Waals surface area contributed by atoms with E-state index in [4.69, 9.17) is 21.1 Å². The van der Waals surface area contributed by atoms with Crippen LogP contribution in [0.4, 0.5) is 17.1 Å². The first-order valence-electron chi connectivity index (χ1n) is 8.74. The molecule has 0 aromatic heterocycles. The van der Waals surface area contributed by atoms with Crippen molar-refractivity contribution in [3.63, 3.8) is 0 Å². The normalized spacial score (nSPS) is 13.9. The Labute approximate surface area is 167 Å². The van der Waals surface area contributed by atoms with Gasteiger partial charge >= 0.3 is 0 Å². The second kappa shape index (κ2) is 8.90. The Morgan fingerprint density at radius 1 is 1.29 bits per heavy atom. The van der Waals surface area contributed by atoms with E-state index >= 15 is 0 Å². The minimum Gasteiger partial charge on any atom is -0.484 e. The number of carbonyl (C=O) groups is 1. The van der Waals surface area contributed by atoms with E-state index < -0.39 is 10.8 Å². The van der Waals surface area contributed by atoms with Crippen LogP contribution in [-0.4, -0.2) is 43.7 Å². The summed E-state index contributed by atoms with van der Waals surface area (Å²) in [6, 6.07) is 9.74. The second-order valence-electron chi connectivity index (χ2n) is 6.31. The Morgan fingerprint density at radius 3 is 2.71 bits per heavy atom. The zero-order chi connectivity index (χ0) is 20.1. The third kappa shape index (κ3) is 4.90. The van der Waals surface area contributed by atoms with Crippen molar-refractivity contribution in [2.75, 3.05) is 43.1 Å². The van der Waals surface area contributed by atoms with Gasteiger partial charge in [0.15, 0.2) is 6.61 Å². The largest absolute Gasteiger partial charge is 0.484 e. The molecule has 2 aromatic rings. The predicted molar refractivity (Wildman–Crippen MR) is 106 cm³/mol. The fourth-order valence-corrected chi connectivity index (χ4v) is 2.99. The van der Waals surface area contributed by atoms with Crippen LogP contribution in [0.5, 0.6) is 5.75 Å². The topological polar surface area (TPSA) is 93.9 Å². The molecule has 148 valence electrons. The monoisotopic (exact) mass is 405 g/mol. The van der Waals surface area contributed by atoms with Crippen LogP contribution in [0.3, 0.4) is 0 Å². The summed E-state index contributed by atoms with van der Waals surface area (Å²) in [7, 11) is 0. The molecule has 1 heterocycles. The molecule has 28 heavy (non-hydrogen) atoms. The van der Waals surface area contributed by atoms with Crippen LogP contribution >= 0.6 is 11.6 Å². The number of hydrogen-bond donors (Lipinski definition) is 1. The fraction of sp³-hybridized carbons (Fsp3) is 0.316. The van der Waals surface area contributed by atoms with Crippen molar-refractivity contribution in [2.24, 2.45) is 0 Å². The molecule has 0 saturated carbocycles. The van der Waals surface area contributed by atoms with Gasteiger partial charge in [-0.2, -0.15) is 0 Å². The SMILES string of the molecule is Cc1cc(OCC(=O)Nc2ccc(N3CCOCC3)c([N+](=O)[O-])c2)ccc1Cl. The van der Waals surface area contributed by atoms with Crippen molar-refractivity contribution in [2.45, 2.75) is 6.92 Å². The lowest BCUT2D eigenvalue weighted by molar-refractivity contribution is -0.384. The van der Waals surface area contributed by atoms with Crippen molar-refractivity contribution < 1.29 is 19.2 Å². The maximum Gasteiger partial charge on any atom is 0.294 e. The number of carbonyl (C=O) groups excluding carboxylic acids is 1. The lowest BCUT2D eigenvalue weighted by Gasteiger charge is -2.28. The van der Waals surface area contributed by atoms with Crippen LogP contribution in [0.2, 0.25) is 5.02 Å². The van der Waals surface area contributed by atoms with E-state index in [1.807, 2.05) is 11.8 Å². The summed E-state index contributed by atoms with van der Waals surface area (Å²) >= 11 is 5.96. The Hall–Kier alpha value is -2.84. The zero-order valence-electron chi connectivity index (χ0n) is 15.3. The Balaban J connectivity index is 1.65. The maximum atomic E-state index is 12.1. The van der Waals surface area contributed by atoms with Gasteiger partial charge in [0.1, 0.15) is 11.4 Å². The fourth-order valence-electron chi connectivity index (χ4n) is 2.87. The molecule has 1 amide bonds. The number of benzene rings is 2. The molecule has 1 fully saturated rings. The molecular formula is C19H20ClN3O5. The molecule has 9 heteroatoms. The van der Waals surface area contributed by atoms with E-state index in [-0.39, 0.29) is 12.3 Å². The van der Waals surface area contributed by atoms with E-state index in [9.17, 15) is 14.9 Å². The lowest BCUT2D eigenvalue weighted by Crippen LogP contribution is -2.36. The molecule has 0 unspecified atom stereocenters. The first-order chi connectivity index (χ1) is 13.4. The van der Waals surface area contributed by atoms with E-state index in [0.717, 1.165) is 5.56 Å². The number of hydrogen-bond acceptors (Lipinski definition) is 6. The van der Waals surface area contributed by atoms with Crippen molar-refractivity contribution in [1.29, 1.82) is 0 Å². The summed E-state index contributed by atoms with van der Waals surface area (Å²) in [5.74, 6) is 0.103. The van der Waals surface area contributed by atoms with Gasteiger partial charge < -0.3 is 19.7 Å². The first kappa shape index (κ1) is 19.9. The van der Waals surface area contributed by atoms with Crippen LogP contribution in [0.25, 0.3) is 0 Å². The van der Waals surface area contributed by atoms with Gasteiger partial charge in [-0.15, -0.1) is 0 Å². The molecule has 2 aromatic carbocycles. The number of nitro benzene ring substituents is 1. The Kier molecular flexibility index (Phi) is 6.33. The van der Waals surface area contributed by atoms with E-state index in [1.54, 1.807) is 30.3 Å². The van der Waals surface area contributed by atoms with E-state index in [1.165, 1.54) is 6.07 Å². The molecule has 0 bridgehead atoms. The van der Waals surface area contributed by atoms with Gasteiger partial charge in [0.25, 0.3) is 11.6 Å². The smallest absolute Gasteiger partial charge is 0.294 e. The van der Waals surface area contributed by atoms with Gasteiger partial charge in [0.05, 0.1) is 18.1 Å². The summed E-state index contributed by atoms with van der Waals surface area (Å²) in [5.41, 5.74) is 1.63. The Bertz CT molecular complexity index is 884. The molecule has 0 aliphatic carbocycles. The number of ether oxygens (including phenoxy) is 2. The number of amides is 1. The van der Waals surface area contributed by atoms with Crippen molar-refractivity contribution >= 4 is 34.6 Å². The number of nitrogens with one attached hydrogen (secondary N) is 1. The highest BCUT2D eigenvalue weighted by molar-refractivity contribution is 6.31. The summed E-state index contributed by atoms with van der Waals surface area (Å²) in [6.07, 6.45) is 0. The van der Waals surface area contributed by atoms with Gasteiger partial charge in [-0.1, -0.05) is 11.6 Å². The third-order valence-electron chi connectivity index (χ3n) is 4.31. The number of anilines is 2. The molecule has 1 aliphatic rings. The average molecular weight is 406 g/mol. The minimum absolute atomic E-state index is 0.0612. The van der Waals surface area contributed by atoms with Crippen LogP contribution in [0.1, 0.15) is 5.56 Å². The standard InChI is InChI=1S/C19H20ClN3O5/c1-13-10-15(3-4-16(13)20)28-12-19(24)21-14-2-5-17(18(11-14)23(25)26)22-6-8-27-9-7-22/h2-5,10-11H,6-9,12H2,1H3,(H,21,24). The molecule has 0 atom stereocenters. The molecule has 0 radical (unpaired) electrons. The van der Waals surface area contributed by atoms with Gasteiger partial charge in [0, 0.05) is 29.9 Å². The quantitative estimate of drug-likeness (QED) is 0.584. The summed E-state index contributed by atoms with van der Waals surface area (Å²) in [5, 5.41) is 14.7. The molecule has 1 aliphatic heterocycles. The molecule has 1 saturated heterocycles. The number of rotatable bonds is 6. The number of aryl methyl sites for hydroxylation is 1. The van der Waals surface area contributed by atoms with Crippen LogP contribution in [0.15, 0.2) is 36.4 Å². The number of halogens is 1. The van der Waals surface area contributed by atoms with Crippen molar-refractivity contribution in [3.05, 3.63) is 57.1 Å². The first-order valence-corrected chi connectivity index (χ1v) is 9.12. The van der Waals surface area contributed by atoms with Crippen molar-refractivity contribution in [3.8, 4) is 5.75 Å². The van der Waals surface area contributed by atoms with Crippen molar-refractivity contribution in [1.82, 2.24) is 0 Å². The van der Waals surface area contributed by atoms with Crippen LogP contribution in [-0.2, 0) is 9.53 Å². The molecular weight excluding hydrogens is 386 g/mol. The lowest BCUT2D eigenvalue weighted by atomic mass is 10.2. The maximum absolute atomic E-state index is 12.1. The highest BCUT2D eigenvalue weighted by Gasteiger charge is 2.22. The predicted octanol–water partition coefficient (Wildman–Crippen LogP) is 3.41. The molecule has 1 N–H and O–H groups in total. The van der Waals surface area contributed by atoms with Crippen LogP contribution in [0, 0.1) is 17.0 Å². The van der Waals surface area contributed by atoms with E-state index in [2.05, 4.69) is 5.32 Å². The third-order valence-corrected chi connectivity index (χ3v) is 4.73. The molecule has 0 spiro atoms. The number of nitrogens with zero attached hydrogens (tertiary/aromatic N) is 2. The number of morpholine rings is 1. The summed E-state index contributed by atoms with van der Waals surface area (Å²) in [6.45, 7) is 3.83. The van der Waals surface area contributed by atoms with Gasteiger partial charge in [-0.25, -0.2) is 0 Å². The summed E-state index contributed by atoms with van der Waals surface area (Å²) in [4.78, 5) is 25.1. The second-order valence-corrected chi connectivity index (χ2v) is 6.72. The average Bonchev–Trinajstić information content (AvgIpc) is 2.69. The highest BCUT2D eigenvalue weighted by atomic mass is 35.5. The van der Waals surface area contributed by atoms with Gasteiger partial charge in [-0.3, -0.25) is 14.9 Å². The molecule has 8 nitrogen and oxygen atoms in total. The minimum atomic E-state index is -0.451. The van der Waals surface area contributed by atoms with Gasteiger partial charge in [-0.05, 0) is 42.8 Å². The Morgan fingerprint density at radius 2 is 2.04 bits per heavy atom. The highest BCUT2D eigenvalue weighted by Crippen LogP contribution is 2.31. The zero-order valence-corrected chi connectivity index (χ0v) is 16.1. The van der Waals surface area contributed by atoms with Crippen LogP contribution < -0.4 is 15.0 Å². The van der Waals surface area contributed by atoms with E-state index in [0.29, 0.717) is 48.5 Å². The summed E-state index contributed by atoms with van der Waals surface area (Å²) < 4.78 is 10.7. The number of nitro groups is 1.